The molecule has 0 radical (unpaired) electrons. The number of amides is 1. The molecule has 0 aliphatic rings. The molecule has 0 fully saturated rings. The quantitative estimate of drug-likeness (QED) is 0.856. The second-order valence-electron chi connectivity index (χ2n) is 3.07. The van der Waals surface area contributed by atoms with Crippen LogP contribution in [0.4, 0.5) is 14.5 Å². The summed E-state index contributed by atoms with van der Waals surface area (Å²) in [5.74, 6) is -2.82. The van der Waals surface area contributed by atoms with E-state index < -0.39 is 17.5 Å². The number of benzene rings is 1. The summed E-state index contributed by atoms with van der Waals surface area (Å²) in [6, 6.07) is 5.18. The van der Waals surface area contributed by atoms with Crippen molar-refractivity contribution in [2.75, 3.05) is 5.32 Å². The van der Waals surface area contributed by atoms with Gasteiger partial charge in [0, 0.05) is 5.38 Å². The summed E-state index contributed by atoms with van der Waals surface area (Å²) < 4.78 is 26.1. The number of anilines is 1. The molecule has 1 aromatic heterocycles. The average Bonchev–Trinajstić information content (AvgIpc) is 2.74. The van der Waals surface area contributed by atoms with E-state index in [-0.39, 0.29) is 5.56 Å². The van der Waals surface area contributed by atoms with Crippen LogP contribution in [0.5, 0.6) is 0 Å². The second-order valence-corrected chi connectivity index (χ2v) is 3.85. The summed E-state index contributed by atoms with van der Waals surface area (Å²) >= 11 is 1.40. The van der Waals surface area contributed by atoms with Crippen LogP contribution in [0.2, 0.25) is 0 Å². The van der Waals surface area contributed by atoms with Gasteiger partial charge in [0.05, 0.1) is 11.3 Å². The lowest BCUT2D eigenvalue weighted by molar-refractivity contribution is 0.102. The maximum Gasteiger partial charge on any atom is 0.258 e. The minimum Gasteiger partial charge on any atom is -0.321 e. The van der Waals surface area contributed by atoms with Gasteiger partial charge in [-0.3, -0.25) is 4.79 Å². The topological polar surface area (TPSA) is 29.1 Å². The third kappa shape index (κ3) is 2.09. The van der Waals surface area contributed by atoms with Crippen molar-refractivity contribution < 1.29 is 13.6 Å². The van der Waals surface area contributed by atoms with Crippen molar-refractivity contribution in [3.63, 3.8) is 0 Å². The molecule has 0 saturated heterocycles. The number of carbonyl (C=O) groups excluding carboxylic acids is 1. The smallest absolute Gasteiger partial charge is 0.258 e. The Balaban J connectivity index is 2.24. The molecule has 0 aliphatic heterocycles. The van der Waals surface area contributed by atoms with Crippen LogP contribution >= 0.6 is 11.3 Å². The highest BCUT2D eigenvalue weighted by Gasteiger charge is 2.14. The first kappa shape index (κ1) is 10.8. The molecule has 1 aromatic carbocycles. The molecule has 1 amide bonds. The van der Waals surface area contributed by atoms with Crippen LogP contribution < -0.4 is 5.32 Å². The molecule has 2 aromatic rings. The molecule has 0 bridgehead atoms. The van der Waals surface area contributed by atoms with E-state index in [2.05, 4.69) is 5.32 Å². The van der Waals surface area contributed by atoms with Crippen LogP contribution in [-0.2, 0) is 0 Å². The summed E-state index contributed by atoms with van der Waals surface area (Å²) in [6.07, 6.45) is 0. The van der Waals surface area contributed by atoms with Crippen LogP contribution in [0, 0.1) is 11.6 Å². The number of hydrogen-bond acceptors (Lipinski definition) is 2. The Morgan fingerprint density at radius 3 is 2.75 bits per heavy atom. The first-order valence-electron chi connectivity index (χ1n) is 4.46. The Kier molecular flexibility index (Phi) is 2.96. The van der Waals surface area contributed by atoms with E-state index in [1.54, 1.807) is 16.8 Å². The molecule has 82 valence electrons. The summed E-state index contributed by atoms with van der Waals surface area (Å²) in [4.78, 5) is 11.6. The van der Waals surface area contributed by atoms with Gasteiger partial charge in [-0.1, -0.05) is 6.07 Å². The lowest BCUT2D eigenvalue weighted by Gasteiger charge is -2.04. The van der Waals surface area contributed by atoms with Gasteiger partial charge < -0.3 is 5.32 Å². The maximum absolute atomic E-state index is 13.2. The predicted molar refractivity (Wildman–Crippen MR) is 58.6 cm³/mol. The molecule has 1 heterocycles. The van der Waals surface area contributed by atoms with E-state index in [4.69, 9.17) is 0 Å². The van der Waals surface area contributed by atoms with Crippen molar-refractivity contribution >= 4 is 22.9 Å². The highest BCUT2D eigenvalue weighted by Crippen LogP contribution is 2.16. The standard InChI is InChI=1S/C11H7F2NOS/c12-9-3-1-2-8(10(9)13)11(15)14-7-4-5-16-6-7/h1-6H,(H,14,15). The normalized spacial score (nSPS) is 10.1. The van der Waals surface area contributed by atoms with Crippen molar-refractivity contribution in [3.8, 4) is 0 Å². The zero-order valence-corrected chi connectivity index (χ0v) is 8.85. The van der Waals surface area contributed by atoms with Gasteiger partial charge in [-0.25, -0.2) is 8.78 Å². The Morgan fingerprint density at radius 2 is 2.06 bits per heavy atom. The van der Waals surface area contributed by atoms with Crippen molar-refractivity contribution in [1.82, 2.24) is 0 Å². The fourth-order valence-electron chi connectivity index (χ4n) is 1.21. The van der Waals surface area contributed by atoms with E-state index in [1.807, 2.05) is 0 Å². The fourth-order valence-corrected chi connectivity index (χ4v) is 1.80. The van der Waals surface area contributed by atoms with E-state index in [0.29, 0.717) is 5.69 Å². The number of thiophene rings is 1. The lowest BCUT2D eigenvalue weighted by Crippen LogP contribution is -2.13. The van der Waals surface area contributed by atoms with Gasteiger partial charge in [0.15, 0.2) is 11.6 Å². The number of hydrogen-bond donors (Lipinski definition) is 1. The molecular formula is C11H7F2NOS. The minimum atomic E-state index is -1.13. The summed E-state index contributed by atoms with van der Waals surface area (Å²) in [5, 5.41) is 5.95. The third-order valence-corrected chi connectivity index (χ3v) is 2.66. The summed E-state index contributed by atoms with van der Waals surface area (Å²) in [7, 11) is 0. The van der Waals surface area contributed by atoms with Gasteiger partial charge in [0.25, 0.3) is 5.91 Å². The van der Waals surface area contributed by atoms with Crippen molar-refractivity contribution in [3.05, 3.63) is 52.2 Å². The SMILES string of the molecule is O=C(Nc1ccsc1)c1cccc(F)c1F. The molecule has 2 nitrogen and oxygen atoms in total. The first-order valence-corrected chi connectivity index (χ1v) is 5.40. The van der Waals surface area contributed by atoms with E-state index in [0.717, 1.165) is 6.07 Å². The Bertz CT molecular complexity index is 511. The molecule has 16 heavy (non-hydrogen) atoms. The number of carbonyl (C=O) groups is 1. The molecule has 0 spiro atoms. The van der Waals surface area contributed by atoms with Crippen LogP contribution in [0.25, 0.3) is 0 Å². The third-order valence-electron chi connectivity index (χ3n) is 1.98. The fraction of sp³-hybridized carbons (Fsp3) is 0. The number of rotatable bonds is 2. The molecule has 0 aliphatic carbocycles. The van der Waals surface area contributed by atoms with Crippen molar-refractivity contribution in [1.29, 1.82) is 0 Å². The van der Waals surface area contributed by atoms with Gasteiger partial charge >= 0.3 is 0 Å². The van der Waals surface area contributed by atoms with E-state index in [9.17, 15) is 13.6 Å². The van der Waals surface area contributed by atoms with E-state index in [1.165, 1.54) is 23.5 Å². The van der Waals surface area contributed by atoms with Crippen molar-refractivity contribution in [2.24, 2.45) is 0 Å². The number of halogens is 2. The van der Waals surface area contributed by atoms with Gasteiger partial charge in [0.2, 0.25) is 0 Å². The van der Waals surface area contributed by atoms with Gasteiger partial charge in [-0.15, -0.1) is 0 Å². The Hall–Kier alpha value is -1.75. The molecule has 1 N–H and O–H groups in total. The van der Waals surface area contributed by atoms with Gasteiger partial charge in [0.1, 0.15) is 0 Å². The molecule has 0 unspecified atom stereocenters. The van der Waals surface area contributed by atoms with Crippen LogP contribution in [-0.4, -0.2) is 5.91 Å². The zero-order valence-electron chi connectivity index (χ0n) is 8.04. The second kappa shape index (κ2) is 4.40. The highest BCUT2D eigenvalue weighted by atomic mass is 32.1. The first-order chi connectivity index (χ1) is 7.68. The monoisotopic (exact) mass is 239 g/mol. The Morgan fingerprint density at radius 1 is 1.25 bits per heavy atom. The highest BCUT2D eigenvalue weighted by molar-refractivity contribution is 7.08. The molecule has 0 saturated carbocycles. The molecule has 0 atom stereocenters. The molecule has 2 rings (SSSR count). The summed E-state index contributed by atoms with van der Waals surface area (Å²) in [5.41, 5.74) is 0.268. The molecular weight excluding hydrogens is 232 g/mol. The maximum atomic E-state index is 13.2. The van der Waals surface area contributed by atoms with Crippen LogP contribution in [0.1, 0.15) is 10.4 Å². The van der Waals surface area contributed by atoms with Gasteiger partial charge in [-0.2, -0.15) is 11.3 Å². The van der Waals surface area contributed by atoms with Crippen molar-refractivity contribution in [2.45, 2.75) is 0 Å². The van der Waals surface area contributed by atoms with E-state index >= 15 is 0 Å². The largest absolute Gasteiger partial charge is 0.321 e. The van der Waals surface area contributed by atoms with Crippen LogP contribution in [0.3, 0.4) is 0 Å². The Labute approximate surface area is 94.5 Å². The van der Waals surface area contributed by atoms with Gasteiger partial charge in [-0.05, 0) is 23.6 Å². The average molecular weight is 239 g/mol. The van der Waals surface area contributed by atoms with Crippen LogP contribution in [0.15, 0.2) is 35.0 Å². The number of nitrogens with one attached hydrogen (secondary N) is 1. The predicted octanol–water partition coefficient (Wildman–Crippen LogP) is 3.28. The lowest BCUT2D eigenvalue weighted by atomic mass is 10.2. The molecule has 5 heteroatoms. The minimum absolute atomic E-state index is 0.300. The zero-order chi connectivity index (χ0) is 11.5. The summed E-state index contributed by atoms with van der Waals surface area (Å²) in [6.45, 7) is 0.